The van der Waals surface area contributed by atoms with Crippen LogP contribution < -0.4 is 0 Å². The molecule has 0 aliphatic carbocycles. The van der Waals surface area contributed by atoms with Crippen molar-refractivity contribution in [1.29, 1.82) is 0 Å². The van der Waals surface area contributed by atoms with Crippen LogP contribution in [0.5, 0.6) is 0 Å². The first-order valence-corrected chi connectivity index (χ1v) is 7.52. The van der Waals surface area contributed by atoms with E-state index in [1.165, 1.54) is 28.6 Å². The van der Waals surface area contributed by atoms with Crippen LogP contribution >= 0.6 is 0 Å². The maximum atomic E-state index is 12.2. The molecule has 0 bridgehead atoms. The number of sulfonamides is 1. The molecule has 19 heavy (non-hydrogen) atoms. The molecule has 1 aliphatic heterocycles. The topological polar surface area (TPSA) is 80.3 Å². The lowest BCUT2D eigenvalue weighted by molar-refractivity contribution is -0.384. The second-order valence-corrected chi connectivity index (χ2v) is 7.00. The summed E-state index contributed by atoms with van der Waals surface area (Å²) in [4.78, 5) is 10.1. The number of rotatable bonds is 5. The third-order valence-electron chi connectivity index (χ3n) is 3.06. The fraction of sp³-hybridized carbons (Fsp3) is 0.500. The Balaban J connectivity index is 2.15. The van der Waals surface area contributed by atoms with Crippen LogP contribution in [0.25, 0.3) is 0 Å². The van der Waals surface area contributed by atoms with Gasteiger partial charge in [0.2, 0.25) is 10.0 Å². The van der Waals surface area contributed by atoms with Crippen molar-refractivity contribution < 1.29 is 13.3 Å². The predicted molar refractivity (Wildman–Crippen MR) is 70.2 cm³/mol. The third kappa shape index (κ3) is 2.93. The standard InChI is InChI=1S/C12H16N2O4S/c1-9(2)7-11-8-13(11)19(17,18)12-5-3-10(4-6-12)14(15)16/h3-6,9,11H,7-8H2,1-2H3. The third-order valence-corrected chi connectivity index (χ3v) is 4.99. The van der Waals surface area contributed by atoms with Gasteiger partial charge in [0.05, 0.1) is 9.82 Å². The molecule has 1 saturated heterocycles. The highest BCUT2D eigenvalue weighted by atomic mass is 32.2. The van der Waals surface area contributed by atoms with Crippen molar-refractivity contribution in [3.05, 3.63) is 34.4 Å². The SMILES string of the molecule is CC(C)CC1CN1S(=O)(=O)c1ccc([N+](=O)[O-])cc1. The molecular weight excluding hydrogens is 268 g/mol. The predicted octanol–water partition coefficient (Wildman–Crippen LogP) is 2.01. The molecule has 2 atom stereocenters. The van der Waals surface area contributed by atoms with E-state index in [0.717, 1.165) is 6.42 Å². The Hall–Kier alpha value is -1.47. The number of hydrogen-bond donors (Lipinski definition) is 0. The summed E-state index contributed by atoms with van der Waals surface area (Å²) in [7, 11) is -3.49. The average molecular weight is 284 g/mol. The van der Waals surface area contributed by atoms with E-state index in [1.807, 2.05) is 0 Å². The van der Waals surface area contributed by atoms with Gasteiger partial charge in [-0.2, -0.15) is 4.31 Å². The molecule has 1 heterocycles. The Labute approximate surface area is 112 Å². The number of non-ortho nitro benzene ring substituents is 1. The van der Waals surface area contributed by atoms with Crippen LogP contribution in [-0.2, 0) is 10.0 Å². The lowest BCUT2D eigenvalue weighted by Gasteiger charge is -2.07. The first kappa shape index (κ1) is 14.0. The van der Waals surface area contributed by atoms with Crippen molar-refractivity contribution in [3.8, 4) is 0 Å². The lowest BCUT2D eigenvalue weighted by Crippen LogP contribution is -2.15. The van der Waals surface area contributed by atoms with Crippen molar-refractivity contribution in [1.82, 2.24) is 4.31 Å². The maximum absolute atomic E-state index is 12.2. The van der Waals surface area contributed by atoms with Gasteiger partial charge < -0.3 is 0 Å². The van der Waals surface area contributed by atoms with E-state index in [2.05, 4.69) is 13.8 Å². The normalized spacial score (nSPS) is 22.5. The van der Waals surface area contributed by atoms with Gasteiger partial charge in [0.15, 0.2) is 0 Å². The van der Waals surface area contributed by atoms with Crippen molar-refractivity contribution in [3.63, 3.8) is 0 Å². The molecule has 0 amide bonds. The first-order chi connectivity index (χ1) is 8.82. The van der Waals surface area contributed by atoms with Crippen molar-refractivity contribution in [2.75, 3.05) is 6.54 Å². The molecule has 2 unspecified atom stereocenters. The molecule has 1 aromatic rings. The summed E-state index contributed by atoms with van der Waals surface area (Å²) in [5.74, 6) is 0.446. The zero-order chi connectivity index (χ0) is 14.2. The van der Waals surface area contributed by atoms with Gasteiger partial charge in [-0.25, -0.2) is 8.42 Å². The monoisotopic (exact) mass is 284 g/mol. The van der Waals surface area contributed by atoms with Gasteiger partial charge in [-0.1, -0.05) is 13.8 Å². The Bertz CT molecular complexity index is 580. The van der Waals surface area contributed by atoms with E-state index in [4.69, 9.17) is 0 Å². The number of nitro benzene ring substituents is 1. The summed E-state index contributed by atoms with van der Waals surface area (Å²) in [6.07, 6.45) is 0.839. The zero-order valence-corrected chi connectivity index (χ0v) is 11.6. The molecule has 1 aromatic carbocycles. The van der Waals surface area contributed by atoms with Gasteiger partial charge >= 0.3 is 0 Å². The van der Waals surface area contributed by atoms with Gasteiger partial charge in [0.1, 0.15) is 0 Å². The smallest absolute Gasteiger partial charge is 0.258 e. The van der Waals surface area contributed by atoms with E-state index in [1.54, 1.807) is 0 Å². The van der Waals surface area contributed by atoms with Crippen molar-refractivity contribution in [2.24, 2.45) is 5.92 Å². The van der Waals surface area contributed by atoms with Gasteiger partial charge in [-0.05, 0) is 24.5 Å². The van der Waals surface area contributed by atoms with E-state index >= 15 is 0 Å². The van der Waals surface area contributed by atoms with Crippen LogP contribution in [0.2, 0.25) is 0 Å². The highest BCUT2D eigenvalue weighted by molar-refractivity contribution is 7.89. The van der Waals surface area contributed by atoms with E-state index in [9.17, 15) is 18.5 Å². The Morgan fingerprint density at radius 1 is 1.37 bits per heavy atom. The summed E-state index contributed by atoms with van der Waals surface area (Å²) in [5, 5.41) is 10.5. The van der Waals surface area contributed by atoms with Crippen LogP contribution in [0.3, 0.4) is 0 Å². The summed E-state index contributed by atoms with van der Waals surface area (Å²) in [6.45, 7) is 4.64. The molecule has 0 saturated carbocycles. The molecule has 2 rings (SSSR count). The minimum absolute atomic E-state index is 0.0696. The lowest BCUT2D eigenvalue weighted by atomic mass is 10.1. The summed E-state index contributed by atoms with van der Waals surface area (Å²) < 4.78 is 25.9. The molecule has 0 spiro atoms. The number of nitro groups is 1. The fourth-order valence-corrected chi connectivity index (χ4v) is 3.66. The molecule has 0 radical (unpaired) electrons. The Morgan fingerprint density at radius 2 is 1.95 bits per heavy atom. The van der Waals surface area contributed by atoms with Crippen LogP contribution in [0, 0.1) is 16.0 Å². The molecule has 104 valence electrons. The van der Waals surface area contributed by atoms with Crippen LogP contribution in [0.15, 0.2) is 29.2 Å². The second kappa shape index (κ2) is 4.90. The summed E-state index contributed by atoms with van der Waals surface area (Å²) in [6, 6.07) is 5.08. The van der Waals surface area contributed by atoms with E-state index in [-0.39, 0.29) is 16.6 Å². The minimum atomic E-state index is -3.49. The van der Waals surface area contributed by atoms with E-state index < -0.39 is 14.9 Å². The van der Waals surface area contributed by atoms with Gasteiger partial charge in [0.25, 0.3) is 5.69 Å². The Morgan fingerprint density at radius 3 is 2.42 bits per heavy atom. The second-order valence-electron chi connectivity index (χ2n) is 5.11. The summed E-state index contributed by atoms with van der Waals surface area (Å²) >= 11 is 0. The minimum Gasteiger partial charge on any atom is -0.258 e. The average Bonchev–Trinajstić information content (AvgIpc) is 3.08. The van der Waals surface area contributed by atoms with Crippen molar-refractivity contribution >= 4 is 15.7 Å². The molecule has 7 heteroatoms. The number of nitrogens with zero attached hydrogens (tertiary/aromatic N) is 2. The molecule has 6 nitrogen and oxygen atoms in total. The van der Waals surface area contributed by atoms with Crippen LogP contribution in [-0.4, -0.2) is 30.2 Å². The zero-order valence-electron chi connectivity index (χ0n) is 10.8. The number of benzene rings is 1. The highest BCUT2D eigenvalue weighted by Gasteiger charge is 2.44. The van der Waals surface area contributed by atoms with Crippen molar-refractivity contribution in [2.45, 2.75) is 31.2 Å². The molecule has 0 aromatic heterocycles. The molecule has 0 N–H and O–H groups in total. The van der Waals surface area contributed by atoms with Gasteiger partial charge in [-0.15, -0.1) is 0 Å². The van der Waals surface area contributed by atoms with E-state index in [0.29, 0.717) is 12.5 Å². The molecular formula is C12H16N2O4S. The first-order valence-electron chi connectivity index (χ1n) is 6.08. The quantitative estimate of drug-likeness (QED) is 0.470. The molecule has 1 aliphatic rings. The Kier molecular flexibility index (Phi) is 3.60. The van der Waals surface area contributed by atoms with Crippen LogP contribution in [0.4, 0.5) is 5.69 Å². The molecule has 1 fully saturated rings. The fourth-order valence-electron chi connectivity index (χ4n) is 2.07. The summed E-state index contributed by atoms with van der Waals surface area (Å²) in [5.41, 5.74) is -0.108. The maximum Gasteiger partial charge on any atom is 0.269 e. The largest absolute Gasteiger partial charge is 0.269 e. The highest BCUT2D eigenvalue weighted by Crippen LogP contribution is 2.32. The van der Waals surface area contributed by atoms with Crippen LogP contribution in [0.1, 0.15) is 20.3 Å². The van der Waals surface area contributed by atoms with Gasteiger partial charge in [0, 0.05) is 24.7 Å². The van der Waals surface area contributed by atoms with Gasteiger partial charge in [-0.3, -0.25) is 10.1 Å². The number of hydrogen-bond acceptors (Lipinski definition) is 4.